The number of primary amides is 1. The first-order valence-corrected chi connectivity index (χ1v) is 2.70. The number of aromatic nitrogens is 1. The molecule has 4 N–H and O–H groups in total. The molecule has 0 atom stereocenters. The molecule has 0 radical (unpaired) electrons. The molecule has 11 heavy (non-hydrogen) atoms. The molecule has 0 aromatic carbocycles. The van der Waals surface area contributed by atoms with Gasteiger partial charge in [0.05, 0.1) is 11.3 Å². The molecular weight excluding hydrogens is 166 g/mol. The second kappa shape index (κ2) is 3.78. The molecular formula is C6H8ClN3O. The van der Waals surface area contributed by atoms with E-state index in [0.29, 0.717) is 11.3 Å². The minimum absolute atomic E-state index is 0. The maximum Gasteiger partial charge on any atom is 0.250 e. The smallest absolute Gasteiger partial charge is 0.250 e. The van der Waals surface area contributed by atoms with E-state index < -0.39 is 5.91 Å². The van der Waals surface area contributed by atoms with Gasteiger partial charge in [-0.05, 0) is 6.07 Å². The standard InChI is InChI=1S/C6H7N3O.ClH/c7-5-1-4(6(8)10)2-9-3-5;/h1-3H,7H2,(H2,8,10);1H. The van der Waals surface area contributed by atoms with Crippen LogP contribution in [0.3, 0.4) is 0 Å². The van der Waals surface area contributed by atoms with Crippen molar-refractivity contribution in [3.63, 3.8) is 0 Å². The van der Waals surface area contributed by atoms with Crippen LogP contribution in [-0.2, 0) is 0 Å². The zero-order chi connectivity index (χ0) is 7.56. The molecule has 1 heterocycles. The lowest BCUT2D eigenvalue weighted by molar-refractivity contribution is 0.1000. The number of anilines is 1. The largest absolute Gasteiger partial charge is 0.397 e. The van der Waals surface area contributed by atoms with E-state index in [-0.39, 0.29) is 12.4 Å². The number of hydrogen-bond acceptors (Lipinski definition) is 3. The Morgan fingerprint density at radius 3 is 2.45 bits per heavy atom. The SMILES string of the molecule is Cl.NC(=O)c1cncc(N)c1. The number of nitrogen functional groups attached to an aromatic ring is 1. The first kappa shape index (κ1) is 9.71. The molecule has 0 bridgehead atoms. The number of amides is 1. The monoisotopic (exact) mass is 173 g/mol. The van der Waals surface area contributed by atoms with Crippen LogP contribution in [0.25, 0.3) is 0 Å². The molecule has 0 aliphatic heterocycles. The molecule has 0 unspecified atom stereocenters. The summed E-state index contributed by atoms with van der Waals surface area (Å²) in [5.74, 6) is -0.514. The van der Waals surface area contributed by atoms with Gasteiger partial charge in [-0.15, -0.1) is 12.4 Å². The summed E-state index contributed by atoms with van der Waals surface area (Å²) in [6.45, 7) is 0. The molecule has 5 heteroatoms. The molecule has 60 valence electrons. The summed E-state index contributed by atoms with van der Waals surface area (Å²) in [4.78, 5) is 14.2. The Bertz CT molecular complexity index is 264. The highest BCUT2D eigenvalue weighted by Gasteiger charge is 1.98. The lowest BCUT2D eigenvalue weighted by atomic mass is 10.2. The van der Waals surface area contributed by atoms with Crippen LogP contribution in [0.4, 0.5) is 5.69 Å². The third-order valence-corrected chi connectivity index (χ3v) is 1.04. The van der Waals surface area contributed by atoms with Gasteiger partial charge in [0, 0.05) is 12.4 Å². The number of pyridine rings is 1. The maximum atomic E-state index is 10.5. The second-order valence-electron chi connectivity index (χ2n) is 1.87. The summed E-state index contributed by atoms with van der Waals surface area (Å²) in [7, 11) is 0. The van der Waals surface area contributed by atoms with Crippen LogP contribution in [0.15, 0.2) is 18.5 Å². The molecule has 0 saturated carbocycles. The lowest BCUT2D eigenvalue weighted by Gasteiger charge is -1.93. The van der Waals surface area contributed by atoms with E-state index in [0.717, 1.165) is 0 Å². The van der Waals surface area contributed by atoms with Crippen molar-refractivity contribution in [2.24, 2.45) is 5.73 Å². The number of carbonyl (C=O) groups is 1. The minimum Gasteiger partial charge on any atom is -0.397 e. The molecule has 0 saturated heterocycles. The molecule has 1 amide bonds. The van der Waals surface area contributed by atoms with Crippen molar-refractivity contribution in [3.05, 3.63) is 24.0 Å². The second-order valence-corrected chi connectivity index (χ2v) is 1.87. The van der Waals surface area contributed by atoms with Crippen molar-refractivity contribution in [1.82, 2.24) is 4.98 Å². The van der Waals surface area contributed by atoms with Crippen LogP contribution in [-0.4, -0.2) is 10.9 Å². The van der Waals surface area contributed by atoms with Crippen molar-refractivity contribution < 1.29 is 4.79 Å². The summed E-state index contributed by atoms with van der Waals surface area (Å²) >= 11 is 0. The quantitative estimate of drug-likeness (QED) is 0.636. The average Bonchev–Trinajstić information content (AvgIpc) is 1.88. The number of nitrogens with zero attached hydrogens (tertiary/aromatic N) is 1. The van der Waals surface area contributed by atoms with E-state index in [2.05, 4.69) is 4.98 Å². The predicted molar refractivity (Wildman–Crippen MR) is 44.4 cm³/mol. The Morgan fingerprint density at radius 2 is 2.09 bits per heavy atom. The van der Waals surface area contributed by atoms with E-state index in [9.17, 15) is 4.79 Å². The van der Waals surface area contributed by atoms with Crippen LogP contribution >= 0.6 is 12.4 Å². The van der Waals surface area contributed by atoms with Crippen LogP contribution in [0.1, 0.15) is 10.4 Å². The van der Waals surface area contributed by atoms with Gasteiger partial charge in [-0.25, -0.2) is 0 Å². The van der Waals surface area contributed by atoms with Crippen molar-refractivity contribution in [2.75, 3.05) is 5.73 Å². The molecule has 1 aromatic heterocycles. The van der Waals surface area contributed by atoms with E-state index in [4.69, 9.17) is 11.5 Å². The maximum absolute atomic E-state index is 10.5. The van der Waals surface area contributed by atoms with E-state index in [1.807, 2.05) is 0 Å². The van der Waals surface area contributed by atoms with Crippen LogP contribution in [0.2, 0.25) is 0 Å². The van der Waals surface area contributed by atoms with E-state index in [1.54, 1.807) is 0 Å². The fourth-order valence-electron chi connectivity index (χ4n) is 0.592. The van der Waals surface area contributed by atoms with Crippen molar-refractivity contribution in [2.45, 2.75) is 0 Å². The van der Waals surface area contributed by atoms with Crippen LogP contribution in [0, 0.1) is 0 Å². The fourth-order valence-corrected chi connectivity index (χ4v) is 0.592. The van der Waals surface area contributed by atoms with Crippen molar-refractivity contribution in [3.8, 4) is 0 Å². The highest BCUT2D eigenvalue weighted by Crippen LogP contribution is 2.01. The average molecular weight is 174 g/mol. The van der Waals surface area contributed by atoms with Gasteiger partial charge in [0.2, 0.25) is 5.91 Å². The van der Waals surface area contributed by atoms with Gasteiger partial charge >= 0.3 is 0 Å². The summed E-state index contributed by atoms with van der Waals surface area (Å²) in [6, 6.07) is 1.48. The number of nitrogens with two attached hydrogens (primary N) is 2. The fraction of sp³-hybridized carbons (Fsp3) is 0. The van der Waals surface area contributed by atoms with Gasteiger partial charge < -0.3 is 11.5 Å². The number of carbonyl (C=O) groups excluding carboxylic acids is 1. The Morgan fingerprint density at radius 1 is 1.45 bits per heavy atom. The van der Waals surface area contributed by atoms with Gasteiger partial charge in [0.1, 0.15) is 0 Å². The Hall–Kier alpha value is -1.29. The normalized spacial score (nSPS) is 8.36. The van der Waals surface area contributed by atoms with Crippen LogP contribution < -0.4 is 11.5 Å². The molecule has 1 rings (SSSR count). The zero-order valence-corrected chi connectivity index (χ0v) is 6.47. The van der Waals surface area contributed by atoms with Crippen molar-refractivity contribution >= 4 is 24.0 Å². The number of halogens is 1. The van der Waals surface area contributed by atoms with Gasteiger partial charge in [-0.1, -0.05) is 0 Å². The topological polar surface area (TPSA) is 82.0 Å². The molecule has 0 aliphatic rings. The molecule has 0 aliphatic carbocycles. The van der Waals surface area contributed by atoms with E-state index in [1.165, 1.54) is 18.5 Å². The van der Waals surface area contributed by atoms with Gasteiger partial charge in [-0.2, -0.15) is 0 Å². The first-order valence-electron chi connectivity index (χ1n) is 2.70. The third kappa shape index (κ3) is 2.43. The summed E-state index contributed by atoms with van der Waals surface area (Å²) in [6.07, 6.45) is 2.82. The Balaban J connectivity index is 0.000001000. The highest BCUT2D eigenvalue weighted by molar-refractivity contribution is 5.93. The Kier molecular flexibility index (Phi) is 3.33. The minimum atomic E-state index is -0.514. The van der Waals surface area contributed by atoms with Crippen molar-refractivity contribution in [1.29, 1.82) is 0 Å². The Labute approximate surface area is 70.0 Å². The zero-order valence-electron chi connectivity index (χ0n) is 5.65. The summed E-state index contributed by atoms with van der Waals surface area (Å²) in [5.41, 5.74) is 11.0. The third-order valence-electron chi connectivity index (χ3n) is 1.04. The van der Waals surface area contributed by atoms with Crippen LogP contribution in [0.5, 0.6) is 0 Å². The molecule has 0 fully saturated rings. The highest BCUT2D eigenvalue weighted by atomic mass is 35.5. The number of hydrogen-bond donors (Lipinski definition) is 2. The first-order chi connectivity index (χ1) is 4.70. The molecule has 1 aromatic rings. The van der Waals surface area contributed by atoms with E-state index >= 15 is 0 Å². The molecule has 0 spiro atoms. The van der Waals surface area contributed by atoms with Gasteiger partial charge in [0.15, 0.2) is 0 Å². The summed E-state index contributed by atoms with van der Waals surface area (Å²) < 4.78 is 0. The molecule has 4 nitrogen and oxygen atoms in total. The van der Waals surface area contributed by atoms with Gasteiger partial charge in [0.25, 0.3) is 0 Å². The lowest BCUT2D eigenvalue weighted by Crippen LogP contribution is -2.11. The van der Waals surface area contributed by atoms with Gasteiger partial charge in [-0.3, -0.25) is 9.78 Å². The number of rotatable bonds is 1. The predicted octanol–water partition coefficient (Wildman–Crippen LogP) is 0.184. The summed E-state index contributed by atoms with van der Waals surface area (Å²) in [5, 5.41) is 0.